The van der Waals surface area contributed by atoms with Crippen LogP contribution in [0.4, 0.5) is 0 Å². The summed E-state index contributed by atoms with van der Waals surface area (Å²) in [6.45, 7) is 0.352. The van der Waals surface area contributed by atoms with Crippen molar-refractivity contribution in [2.75, 3.05) is 0 Å². The van der Waals surface area contributed by atoms with Crippen LogP contribution < -0.4 is 4.74 Å². The zero-order valence-electron chi connectivity index (χ0n) is 10.9. The molecule has 2 aromatic carbocycles. The number of carboxylic acid groups (broad SMARTS) is 1. The van der Waals surface area contributed by atoms with Crippen LogP contribution in [0.5, 0.6) is 5.75 Å². The third-order valence-electron chi connectivity index (χ3n) is 3.10. The summed E-state index contributed by atoms with van der Waals surface area (Å²) < 4.78 is 6.85. The first-order valence-corrected chi connectivity index (χ1v) is 7.88. The highest BCUT2D eigenvalue weighted by Gasteiger charge is 2.15. The molecule has 0 saturated carbocycles. The van der Waals surface area contributed by atoms with Crippen LogP contribution in [0.1, 0.15) is 15.2 Å². The molecule has 0 fully saturated rings. The molecule has 3 nitrogen and oxygen atoms in total. The highest BCUT2D eigenvalue weighted by atomic mass is 79.9. The monoisotopic (exact) mass is 362 g/mol. The maximum atomic E-state index is 11.4. The number of hydrogen-bond donors (Lipinski definition) is 1. The zero-order chi connectivity index (χ0) is 14.8. The predicted molar refractivity (Wildman–Crippen MR) is 87.3 cm³/mol. The lowest BCUT2D eigenvalue weighted by Gasteiger charge is -2.11. The van der Waals surface area contributed by atoms with Crippen molar-refractivity contribution < 1.29 is 14.6 Å². The Balaban J connectivity index is 2.01. The summed E-state index contributed by atoms with van der Waals surface area (Å²) >= 11 is 4.98. The lowest BCUT2D eigenvalue weighted by Crippen LogP contribution is -2.03. The van der Waals surface area contributed by atoms with Gasteiger partial charge in [0.1, 0.15) is 17.9 Å². The molecule has 0 radical (unpaired) electrons. The summed E-state index contributed by atoms with van der Waals surface area (Å²) in [5.41, 5.74) is 0.185. The second-order valence-electron chi connectivity index (χ2n) is 4.46. The van der Waals surface area contributed by atoms with E-state index in [9.17, 15) is 9.90 Å². The molecule has 0 saturated heterocycles. The molecular weight excluding hydrogens is 352 g/mol. The van der Waals surface area contributed by atoms with Gasteiger partial charge in [-0.05, 0) is 39.5 Å². The Bertz CT molecular complexity index is 810. The average Bonchev–Trinajstić information content (AvgIpc) is 2.90. The average molecular weight is 363 g/mol. The zero-order valence-corrected chi connectivity index (χ0v) is 13.3. The number of ether oxygens (including phenoxy) is 1. The Morgan fingerprint density at radius 2 is 1.95 bits per heavy atom. The van der Waals surface area contributed by atoms with Crippen molar-refractivity contribution >= 4 is 44.0 Å². The summed E-state index contributed by atoms with van der Waals surface area (Å²) in [6.07, 6.45) is 0. The van der Waals surface area contributed by atoms with Crippen molar-refractivity contribution in [2.24, 2.45) is 0 Å². The normalized spacial score (nSPS) is 10.7. The number of halogens is 1. The van der Waals surface area contributed by atoms with Crippen molar-refractivity contribution in [1.82, 2.24) is 0 Å². The van der Waals surface area contributed by atoms with Gasteiger partial charge in [-0.1, -0.05) is 30.3 Å². The molecule has 3 aromatic rings. The summed E-state index contributed by atoms with van der Waals surface area (Å²) in [4.78, 5) is 12.4. The summed E-state index contributed by atoms with van der Waals surface area (Å²) in [7, 11) is 0. The van der Waals surface area contributed by atoms with E-state index in [1.807, 2.05) is 36.4 Å². The van der Waals surface area contributed by atoms with Crippen molar-refractivity contribution in [3.8, 4) is 5.75 Å². The van der Waals surface area contributed by atoms with Crippen LogP contribution in [-0.2, 0) is 6.61 Å². The highest BCUT2D eigenvalue weighted by Crippen LogP contribution is 2.31. The molecule has 1 N–H and O–H groups in total. The fraction of sp³-hybridized carbons (Fsp3) is 0.0625. The number of carboxylic acids is 1. The first-order chi connectivity index (χ1) is 10.1. The van der Waals surface area contributed by atoms with Crippen LogP contribution in [0.25, 0.3) is 10.8 Å². The summed E-state index contributed by atoms with van der Waals surface area (Å²) in [5.74, 6) is -0.562. The molecule has 0 bridgehead atoms. The Kier molecular flexibility index (Phi) is 3.94. The van der Waals surface area contributed by atoms with Crippen molar-refractivity contribution in [2.45, 2.75) is 6.61 Å². The van der Waals surface area contributed by atoms with Gasteiger partial charge in [-0.15, -0.1) is 11.3 Å². The molecule has 1 heterocycles. The molecule has 0 spiro atoms. The molecule has 0 aliphatic rings. The molecule has 0 atom stereocenters. The maximum absolute atomic E-state index is 11.4. The van der Waals surface area contributed by atoms with Crippen molar-refractivity contribution in [3.63, 3.8) is 0 Å². The van der Waals surface area contributed by atoms with Crippen LogP contribution in [0.3, 0.4) is 0 Å². The Morgan fingerprint density at radius 3 is 2.67 bits per heavy atom. The summed E-state index contributed by atoms with van der Waals surface area (Å²) in [5, 5.41) is 11.1. The third-order valence-corrected chi connectivity index (χ3v) is 4.69. The molecule has 1 aromatic heterocycles. The Hall–Kier alpha value is -1.85. The Morgan fingerprint density at radius 1 is 1.14 bits per heavy atom. The van der Waals surface area contributed by atoms with Gasteiger partial charge in [-0.25, -0.2) is 4.79 Å². The molecular formula is C16H11BrO3S. The van der Waals surface area contributed by atoms with Crippen LogP contribution in [0.15, 0.2) is 52.3 Å². The molecule has 0 aliphatic carbocycles. The van der Waals surface area contributed by atoms with Gasteiger partial charge < -0.3 is 9.84 Å². The summed E-state index contributed by atoms with van der Waals surface area (Å²) in [6, 6.07) is 14.9. The number of rotatable bonds is 4. The molecule has 0 unspecified atom stereocenters. The van der Waals surface area contributed by atoms with Gasteiger partial charge in [0.25, 0.3) is 0 Å². The fourth-order valence-corrected chi connectivity index (χ4v) is 3.54. The van der Waals surface area contributed by atoms with Crippen LogP contribution >= 0.6 is 27.3 Å². The van der Waals surface area contributed by atoms with Gasteiger partial charge in [0, 0.05) is 10.3 Å². The van der Waals surface area contributed by atoms with E-state index in [2.05, 4.69) is 15.9 Å². The van der Waals surface area contributed by atoms with E-state index in [4.69, 9.17) is 4.74 Å². The fourth-order valence-electron chi connectivity index (χ4n) is 2.14. The van der Waals surface area contributed by atoms with Gasteiger partial charge >= 0.3 is 5.97 Å². The van der Waals surface area contributed by atoms with Crippen LogP contribution in [-0.4, -0.2) is 11.1 Å². The van der Waals surface area contributed by atoms with Gasteiger partial charge in [0.2, 0.25) is 0 Å². The first-order valence-electron chi connectivity index (χ1n) is 6.27. The number of carbonyl (C=O) groups is 1. The van der Waals surface area contributed by atoms with Gasteiger partial charge in [-0.3, -0.25) is 0 Å². The minimum atomic E-state index is -0.983. The lowest BCUT2D eigenvalue weighted by atomic mass is 10.1. The second kappa shape index (κ2) is 5.87. The number of benzene rings is 2. The van der Waals surface area contributed by atoms with Crippen molar-refractivity contribution in [1.29, 1.82) is 0 Å². The quantitative estimate of drug-likeness (QED) is 0.714. The van der Waals surface area contributed by atoms with E-state index in [1.165, 1.54) is 0 Å². The van der Waals surface area contributed by atoms with E-state index >= 15 is 0 Å². The van der Waals surface area contributed by atoms with Crippen molar-refractivity contribution in [3.05, 3.63) is 62.8 Å². The largest absolute Gasteiger partial charge is 0.487 e. The van der Waals surface area contributed by atoms with E-state index in [-0.39, 0.29) is 5.56 Å². The topological polar surface area (TPSA) is 46.5 Å². The predicted octanol–water partition coefficient (Wildman–Crippen LogP) is 4.94. The number of thiophene rings is 1. The highest BCUT2D eigenvalue weighted by molar-refractivity contribution is 9.11. The van der Waals surface area contributed by atoms with E-state index in [0.717, 1.165) is 19.4 Å². The lowest BCUT2D eigenvalue weighted by molar-refractivity contribution is 0.0692. The molecule has 0 amide bonds. The standard InChI is InChI=1S/C16H11BrO3S/c17-14-8-6-11(21-14)9-20-15-12-4-2-1-3-10(12)5-7-13(15)16(18)19/h1-8H,9H2,(H,18,19). The second-order valence-corrected chi connectivity index (χ2v) is 7.01. The Labute approximate surface area is 133 Å². The van der Waals surface area contributed by atoms with Crippen LogP contribution in [0, 0.1) is 0 Å². The van der Waals surface area contributed by atoms with E-state index in [1.54, 1.807) is 23.5 Å². The molecule has 3 rings (SSSR count). The number of aromatic carboxylic acids is 1. The number of hydrogen-bond acceptors (Lipinski definition) is 3. The minimum absolute atomic E-state index is 0.185. The van der Waals surface area contributed by atoms with Crippen LogP contribution in [0.2, 0.25) is 0 Å². The SMILES string of the molecule is O=C(O)c1ccc2ccccc2c1OCc1ccc(Br)s1. The third kappa shape index (κ3) is 2.94. The molecule has 0 aliphatic heterocycles. The van der Waals surface area contributed by atoms with Gasteiger partial charge in [0.15, 0.2) is 0 Å². The molecule has 106 valence electrons. The van der Waals surface area contributed by atoms with E-state index in [0.29, 0.717) is 12.4 Å². The van der Waals surface area contributed by atoms with Gasteiger partial charge in [-0.2, -0.15) is 0 Å². The van der Waals surface area contributed by atoms with Gasteiger partial charge in [0.05, 0.1) is 3.79 Å². The molecule has 21 heavy (non-hydrogen) atoms. The maximum Gasteiger partial charge on any atom is 0.339 e. The first kappa shape index (κ1) is 14.1. The molecule has 5 heteroatoms. The smallest absolute Gasteiger partial charge is 0.339 e. The number of fused-ring (bicyclic) bond motifs is 1. The van der Waals surface area contributed by atoms with E-state index < -0.39 is 5.97 Å². The minimum Gasteiger partial charge on any atom is -0.487 e.